The summed E-state index contributed by atoms with van der Waals surface area (Å²) >= 11 is 0. The topological polar surface area (TPSA) is 69.6 Å². The molecule has 1 unspecified atom stereocenters. The number of hydrogen-bond acceptors (Lipinski definition) is 3. The van der Waals surface area contributed by atoms with Crippen LogP contribution >= 0.6 is 7.94 Å². The molecule has 0 saturated carbocycles. The Morgan fingerprint density at radius 1 is 0.895 bits per heavy atom. The summed E-state index contributed by atoms with van der Waals surface area (Å²) < 4.78 is 26.2. The summed E-state index contributed by atoms with van der Waals surface area (Å²) in [7, 11) is -6.02. The molecule has 0 radical (unpaired) electrons. The van der Waals surface area contributed by atoms with Gasteiger partial charge in [-0.25, -0.2) is 0 Å². The molecule has 0 aliphatic carbocycles. The lowest BCUT2D eigenvalue weighted by Gasteiger charge is -2.31. The third-order valence-electron chi connectivity index (χ3n) is 3.15. The van der Waals surface area contributed by atoms with Crippen LogP contribution in [-0.4, -0.2) is 8.42 Å². The Hall–Kier alpha value is -1.55. The zero-order valence-electron chi connectivity index (χ0n) is 9.80. The van der Waals surface area contributed by atoms with Gasteiger partial charge in [-0.15, -0.1) is 0 Å². The molecule has 1 aliphatic heterocycles. The fraction of sp³-hybridized carbons (Fsp3) is 0.0769. The van der Waals surface area contributed by atoms with Gasteiger partial charge in [-0.1, -0.05) is 60.7 Å². The molecule has 96 valence electrons. The molecule has 1 atom stereocenters. The number of nitrogens with zero attached hydrogens (tertiary/aromatic N) is 1. The Balaban J connectivity index is 2.35. The second-order valence-corrected chi connectivity index (χ2v) is 7.94. The Kier molecular flexibility index (Phi) is 2.78. The van der Waals surface area contributed by atoms with Crippen molar-refractivity contribution < 1.29 is 13.3 Å². The van der Waals surface area contributed by atoms with Crippen molar-refractivity contribution in [3.63, 3.8) is 0 Å². The maximum absolute atomic E-state index is 12.2. The van der Waals surface area contributed by atoms with E-state index < -0.39 is 22.5 Å². The first-order chi connectivity index (χ1) is 9.09. The highest BCUT2D eigenvalue weighted by atomic mass is 32.2. The van der Waals surface area contributed by atoms with E-state index in [1.807, 2.05) is 0 Å². The molecule has 2 aromatic carbocycles. The standard InChI is InChI=1S/C13H10NO3PS/c15-18-13(19(16,17)14-18,11-7-3-1-4-8-11)12-9-5-2-6-10-12/h1-10H. The van der Waals surface area contributed by atoms with E-state index in [9.17, 15) is 13.3 Å². The van der Waals surface area contributed by atoms with Gasteiger partial charge in [-0.05, 0) is 0 Å². The summed E-state index contributed by atoms with van der Waals surface area (Å²) in [6.45, 7) is 0. The van der Waals surface area contributed by atoms with E-state index in [0.29, 0.717) is 11.1 Å². The van der Waals surface area contributed by atoms with Crippen molar-refractivity contribution in [2.45, 2.75) is 4.49 Å². The molecule has 3 rings (SSSR count). The summed E-state index contributed by atoms with van der Waals surface area (Å²) in [6.07, 6.45) is 0. The predicted molar refractivity (Wildman–Crippen MR) is 71.9 cm³/mol. The van der Waals surface area contributed by atoms with Crippen LogP contribution in [-0.2, 0) is 14.5 Å². The first-order valence-corrected chi connectivity index (χ1v) is 8.30. The minimum Gasteiger partial charge on any atom is -0.609 e. The molecule has 0 N–H and O–H groups in total. The van der Waals surface area contributed by atoms with Crippen LogP contribution in [0.4, 0.5) is 0 Å². The second-order valence-electron chi connectivity index (χ2n) is 4.21. The van der Waals surface area contributed by atoms with Crippen LogP contribution in [0.5, 0.6) is 0 Å². The summed E-state index contributed by atoms with van der Waals surface area (Å²) in [5.74, 6) is 0. The van der Waals surface area contributed by atoms with Crippen LogP contribution in [0.2, 0.25) is 0 Å². The van der Waals surface area contributed by atoms with Crippen molar-refractivity contribution in [1.82, 2.24) is 0 Å². The zero-order chi connectivity index (χ0) is 13.5. The van der Waals surface area contributed by atoms with Gasteiger partial charge in [0.25, 0.3) is 0 Å². The van der Waals surface area contributed by atoms with Crippen molar-refractivity contribution in [2.24, 2.45) is 4.15 Å². The molecule has 0 bridgehead atoms. The van der Waals surface area contributed by atoms with Gasteiger partial charge >= 0.3 is 14.5 Å². The van der Waals surface area contributed by atoms with Crippen LogP contribution < -0.4 is 4.89 Å². The van der Waals surface area contributed by atoms with Gasteiger partial charge in [-0.2, -0.15) is 8.42 Å². The molecule has 1 heterocycles. The van der Waals surface area contributed by atoms with E-state index in [4.69, 9.17) is 0 Å². The Morgan fingerprint density at radius 3 is 1.63 bits per heavy atom. The second kappa shape index (κ2) is 4.23. The van der Waals surface area contributed by atoms with E-state index in [1.165, 1.54) is 0 Å². The van der Waals surface area contributed by atoms with Gasteiger partial charge in [0.1, 0.15) is 0 Å². The maximum atomic E-state index is 12.2. The Labute approximate surface area is 112 Å². The number of rotatable bonds is 2. The SMILES string of the molecule is O=S1(=O)N=[P+]([O-])C1(c1ccccc1)c1ccccc1. The van der Waals surface area contributed by atoms with E-state index in [1.54, 1.807) is 60.7 Å². The van der Waals surface area contributed by atoms with Crippen LogP contribution in [0.3, 0.4) is 0 Å². The summed E-state index contributed by atoms with van der Waals surface area (Å²) in [5.41, 5.74) is 0.995. The van der Waals surface area contributed by atoms with E-state index in [2.05, 4.69) is 4.15 Å². The van der Waals surface area contributed by atoms with Gasteiger partial charge in [0, 0.05) is 15.3 Å². The number of benzene rings is 2. The van der Waals surface area contributed by atoms with Crippen LogP contribution in [0.15, 0.2) is 64.8 Å². The average molecular weight is 291 g/mol. The number of sulfonamides is 1. The van der Waals surface area contributed by atoms with Gasteiger partial charge in [-0.3, -0.25) is 0 Å². The minimum atomic E-state index is -3.80. The summed E-state index contributed by atoms with van der Waals surface area (Å²) in [4.78, 5) is 12.2. The normalized spacial score (nSPS) is 21.2. The molecule has 0 spiro atoms. The highest BCUT2D eigenvalue weighted by Crippen LogP contribution is 2.62. The van der Waals surface area contributed by atoms with E-state index in [0.717, 1.165) is 0 Å². The lowest BCUT2D eigenvalue weighted by molar-refractivity contribution is -0.158. The largest absolute Gasteiger partial charge is 0.609 e. The predicted octanol–water partition coefficient (Wildman–Crippen LogP) is 2.17. The molecule has 1 aliphatic rings. The van der Waals surface area contributed by atoms with E-state index in [-0.39, 0.29) is 0 Å². The summed E-state index contributed by atoms with van der Waals surface area (Å²) in [5, 5.41) is 0. The van der Waals surface area contributed by atoms with Crippen molar-refractivity contribution in [3.8, 4) is 0 Å². The third-order valence-corrected chi connectivity index (χ3v) is 8.04. The molecular formula is C13H10NO3PS. The lowest BCUT2D eigenvalue weighted by Crippen LogP contribution is -2.40. The van der Waals surface area contributed by atoms with Crippen molar-refractivity contribution in [3.05, 3.63) is 71.8 Å². The van der Waals surface area contributed by atoms with Crippen molar-refractivity contribution in [1.29, 1.82) is 0 Å². The Bertz CT molecular complexity index is 702. The fourth-order valence-corrected chi connectivity index (χ4v) is 6.14. The quantitative estimate of drug-likeness (QED) is 0.796. The van der Waals surface area contributed by atoms with Crippen LogP contribution in [0, 0.1) is 0 Å². The highest BCUT2D eigenvalue weighted by Gasteiger charge is 2.65. The summed E-state index contributed by atoms with van der Waals surface area (Å²) in [6, 6.07) is 17.2. The van der Waals surface area contributed by atoms with Crippen molar-refractivity contribution >= 4 is 18.0 Å². The fourth-order valence-electron chi connectivity index (χ4n) is 2.29. The smallest absolute Gasteiger partial charge is 0.346 e. The molecule has 2 aromatic rings. The minimum absolute atomic E-state index is 0.498. The monoisotopic (exact) mass is 291 g/mol. The van der Waals surface area contributed by atoms with Gasteiger partial charge in [0.15, 0.2) is 0 Å². The van der Waals surface area contributed by atoms with Crippen LogP contribution in [0.25, 0.3) is 0 Å². The van der Waals surface area contributed by atoms with E-state index >= 15 is 0 Å². The third kappa shape index (κ3) is 1.59. The molecular weight excluding hydrogens is 281 g/mol. The molecule has 0 saturated heterocycles. The highest BCUT2D eigenvalue weighted by molar-refractivity contribution is 8.04. The zero-order valence-corrected chi connectivity index (χ0v) is 11.5. The molecule has 0 aromatic heterocycles. The molecule has 0 fully saturated rings. The molecule has 6 heteroatoms. The van der Waals surface area contributed by atoms with Gasteiger partial charge in [0.05, 0.1) is 0 Å². The first kappa shape index (κ1) is 12.5. The molecule has 0 amide bonds. The number of hydrogen-bond donors (Lipinski definition) is 0. The Morgan fingerprint density at radius 2 is 1.32 bits per heavy atom. The van der Waals surface area contributed by atoms with Crippen molar-refractivity contribution in [2.75, 3.05) is 0 Å². The maximum Gasteiger partial charge on any atom is 0.346 e. The average Bonchev–Trinajstić information content (AvgIpc) is 2.40. The molecule has 4 nitrogen and oxygen atoms in total. The lowest BCUT2D eigenvalue weighted by atomic mass is 10.0. The van der Waals surface area contributed by atoms with Gasteiger partial charge < -0.3 is 4.89 Å². The van der Waals surface area contributed by atoms with Crippen LogP contribution in [0.1, 0.15) is 11.1 Å². The van der Waals surface area contributed by atoms with Gasteiger partial charge in [0.2, 0.25) is 7.94 Å². The molecule has 19 heavy (non-hydrogen) atoms. The first-order valence-electron chi connectivity index (χ1n) is 5.65.